The molecular weight excluding hydrogens is 256 g/mol. The highest BCUT2D eigenvalue weighted by molar-refractivity contribution is 5.79. The first-order valence-corrected chi connectivity index (χ1v) is 7.40. The minimum absolute atomic E-state index is 1.12. The van der Waals surface area contributed by atoms with E-state index in [1.165, 1.54) is 22.4 Å². The van der Waals surface area contributed by atoms with Crippen molar-refractivity contribution in [2.75, 3.05) is 19.0 Å². The number of allylic oxidation sites excluding steroid dienone is 1. The Morgan fingerprint density at radius 2 is 2.00 bits per heavy atom. The van der Waals surface area contributed by atoms with Crippen LogP contribution in [0.2, 0.25) is 0 Å². The van der Waals surface area contributed by atoms with Gasteiger partial charge in [0, 0.05) is 43.6 Å². The third kappa shape index (κ3) is 2.89. The van der Waals surface area contributed by atoms with Gasteiger partial charge < -0.3 is 4.90 Å². The van der Waals surface area contributed by atoms with Crippen LogP contribution in [0, 0.1) is 0 Å². The zero-order valence-corrected chi connectivity index (χ0v) is 12.6. The number of pyridine rings is 1. The van der Waals surface area contributed by atoms with E-state index >= 15 is 0 Å². The highest BCUT2D eigenvalue weighted by Crippen LogP contribution is 2.32. The summed E-state index contributed by atoms with van der Waals surface area (Å²) in [4.78, 5) is 5.43. The van der Waals surface area contributed by atoms with E-state index in [4.69, 9.17) is 0 Å². The highest BCUT2D eigenvalue weighted by atomic mass is 15.1. The number of nitrogens with zero attached hydrogens (tertiary/aromatic N) is 1. The smallest absolute Gasteiger partial charge is 0.203 e. The predicted molar refractivity (Wildman–Crippen MR) is 90.0 cm³/mol. The average molecular weight is 277 g/mol. The number of fused-ring (bicyclic) bond motifs is 1. The molecule has 2 nitrogen and oxygen atoms in total. The molecule has 1 aromatic heterocycles. The Bertz CT molecular complexity index is 682. The summed E-state index contributed by atoms with van der Waals surface area (Å²) in [5, 5.41) is 0. The van der Waals surface area contributed by atoms with Gasteiger partial charge in [0.15, 0.2) is 6.20 Å². The summed E-state index contributed by atoms with van der Waals surface area (Å²) >= 11 is 0. The number of anilines is 1. The maximum absolute atomic E-state index is 3.24. The summed E-state index contributed by atoms with van der Waals surface area (Å²) in [6.45, 7) is 0. The van der Waals surface area contributed by atoms with Crippen LogP contribution in [0.3, 0.4) is 0 Å². The molecule has 1 heterocycles. The quantitative estimate of drug-likeness (QED) is 0.836. The van der Waals surface area contributed by atoms with Gasteiger partial charge in [-0.3, -0.25) is 0 Å². The van der Waals surface area contributed by atoms with Gasteiger partial charge in [0.2, 0.25) is 5.69 Å². The van der Waals surface area contributed by atoms with Gasteiger partial charge >= 0.3 is 0 Å². The van der Waals surface area contributed by atoms with E-state index in [9.17, 15) is 0 Å². The van der Waals surface area contributed by atoms with Crippen LogP contribution in [-0.2, 0) is 6.42 Å². The number of H-pyrrole nitrogens is 1. The van der Waals surface area contributed by atoms with Crippen LogP contribution < -0.4 is 9.88 Å². The monoisotopic (exact) mass is 277 g/mol. The predicted octanol–water partition coefficient (Wildman–Crippen LogP) is 3.70. The normalized spacial score (nSPS) is 13.4. The van der Waals surface area contributed by atoms with Crippen LogP contribution in [0.4, 0.5) is 5.69 Å². The lowest BCUT2D eigenvalue weighted by Crippen LogP contribution is -2.12. The molecule has 0 radical (unpaired) electrons. The molecule has 1 aliphatic carbocycles. The molecule has 0 saturated heterocycles. The summed E-state index contributed by atoms with van der Waals surface area (Å²) in [6.07, 6.45) is 13.1. The van der Waals surface area contributed by atoms with Crippen LogP contribution in [0.25, 0.3) is 18.2 Å². The van der Waals surface area contributed by atoms with Crippen molar-refractivity contribution >= 4 is 23.9 Å². The average Bonchev–Trinajstić information content (AvgIpc) is 2.53. The fourth-order valence-corrected chi connectivity index (χ4v) is 2.80. The van der Waals surface area contributed by atoms with Crippen molar-refractivity contribution < 1.29 is 4.98 Å². The lowest BCUT2D eigenvalue weighted by molar-refractivity contribution is -0.380. The van der Waals surface area contributed by atoms with Crippen molar-refractivity contribution in [3.8, 4) is 0 Å². The molecule has 21 heavy (non-hydrogen) atoms. The zero-order chi connectivity index (χ0) is 14.7. The van der Waals surface area contributed by atoms with Gasteiger partial charge in [-0.25, -0.2) is 4.98 Å². The topological polar surface area (TPSA) is 17.4 Å². The fourth-order valence-electron chi connectivity index (χ4n) is 2.80. The van der Waals surface area contributed by atoms with E-state index in [0.717, 1.165) is 18.5 Å². The number of benzene rings is 1. The van der Waals surface area contributed by atoms with Crippen LogP contribution in [0.5, 0.6) is 0 Å². The Morgan fingerprint density at radius 3 is 2.76 bits per heavy atom. The molecule has 1 aromatic carbocycles. The molecule has 2 heteroatoms. The Balaban J connectivity index is 2.01. The van der Waals surface area contributed by atoms with Crippen molar-refractivity contribution in [2.45, 2.75) is 12.8 Å². The Labute approximate surface area is 126 Å². The zero-order valence-electron chi connectivity index (χ0n) is 12.6. The van der Waals surface area contributed by atoms with Crippen molar-refractivity contribution in [1.29, 1.82) is 0 Å². The van der Waals surface area contributed by atoms with Gasteiger partial charge in [0.25, 0.3) is 0 Å². The minimum Gasteiger partial charge on any atom is -0.377 e. The first kappa shape index (κ1) is 13.6. The Hall–Kier alpha value is -2.35. The molecular formula is C19H21N2+. The number of nitrogens with one attached hydrogen (secondary N) is 1. The highest BCUT2D eigenvalue weighted by Gasteiger charge is 2.13. The van der Waals surface area contributed by atoms with Crippen LogP contribution in [-0.4, -0.2) is 14.1 Å². The summed E-state index contributed by atoms with van der Waals surface area (Å²) in [6, 6.07) is 10.6. The SMILES string of the molecule is CN(C)c1ccc(/C=C/c2cccc[nH+]2)c2c1C=CCC2. The molecule has 1 aliphatic rings. The summed E-state index contributed by atoms with van der Waals surface area (Å²) in [5.74, 6) is 0. The molecule has 0 spiro atoms. The number of hydrogen-bond donors (Lipinski definition) is 0. The van der Waals surface area contributed by atoms with E-state index in [0.29, 0.717) is 0 Å². The first-order valence-electron chi connectivity index (χ1n) is 7.40. The third-order valence-corrected chi connectivity index (χ3v) is 3.87. The second-order valence-corrected chi connectivity index (χ2v) is 5.55. The Kier molecular flexibility index (Phi) is 3.87. The first-order chi connectivity index (χ1) is 10.3. The van der Waals surface area contributed by atoms with E-state index in [2.05, 4.69) is 66.5 Å². The summed E-state index contributed by atoms with van der Waals surface area (Å²) in [7, 11) is 4.21. The van der Waals surface area contributed by atoms with E-state index < -0.39 is 0 Å². The molecule has 106 valence electrons. The van der Waals surface area contributed by atoms with Crippen molar-refractivity contribution in [1.82, 2.24) is 0 Å². The minimum atomic E-state index is 1.12. The van der Waals surface area contributed by atoms with E-state index in [-0.39, 0.29) is 0 Å². The van der Waals surface area contributed by atoms with Crippen LogP contribution in [0.1, 0.15) is 28.8 Å². The van der Waals surface area contributed by atoms with Crippen molar-refractivity contribution in [2.24, 2.45) is 0 Å². The molecule has 2 aromatic rings. The number of rotatable bonds is 3. The summed E-state index contributed by atoms with van der Waals surface area (Å²) < 4.78 is 0. The molecule has 0 atom stereocenters. The molecule has 0 amide bonds. The van der Waals surface area contributed by atoms with Gasteiger partial charge in [-0.1, -0.05) is 18.2 Å². The molecule has 1 N–H and O–H groups in total. The van der Waals surface area contributed by atoms with Crippen LogP contribution in [0.15, 0.2) is 42.6 Å². The van der Waals surface area contributed by atoms with Gasteiger partial charge in [-0.05, 0) is 42.2 Å². The number of hydrogen-bond acceptors (Lipinski definition) is 1. The van der Waals surface area contributed by atoms with Gasteiger partial charge in [0.1, 0.15) is 0 Å². The third-order valence-electron chi connectivity index (χ3n) is 3.87. The lowest BCUT2D eigenvalue weighted by atomic mass is 9.90. The molecule has 0 unspecified atom stereocenters. The maximum atomic E-state index is 3.24. The fraction of sp³-hybridized carbons (Fsp3) is 0.211. The van der Waals surface area contributed by atoms with Crippen molar-refractivity contribution in [3.63, 3.8) is 0 Å². The second-order valence-electron chi connectivity index (χ2n) is 5.55. The van der Waals surface area contributed by atoms with E-state index in [1.807, 2.05) is 18.3 Å². The molecule has 0 aliphatic heterocycles. The Morgan fingerprint density at radius 1 is 1.10 bits per heavy atom. The van der Waals surface area contributed by atoms with Gasteiger partial charge in [-0.2, -0.15) is 0 Å². The maximum Gasteiger partial charge on any atom is 0.203 e. The molecule has 0 fully saturated rings. The van der Waals surface area contributed by atoms with Crippen LogP contribution >= 0.6 is 0 Å². The standard InChI is InChI=1S/C19H20N2/c1-21(2)19-13-11-15(17-8-3-4-9-18(17)19)10-12-16-7-5-6-14-20-16/h4-7,9-14H,3,8H2,1-2H3/p+1/b12-10+. The molecule has 0 bridgehead atoms. The number of aromatic amines is 1. The van der Waals surface area contributed by atoms with Crippen molar-refractivity contribution in [3.05, 3.63) is 65.0 Å². The largest absolute Gasteiger partial charge is 0.377 e. The van der Waals surface area contributed by atoms with E-state index in [1.54, 1.807) is 0 Å². The summed E-state index contributed by atoms with van der Waals surface area (Å²) in [5.41, 5.74) is 6.55. The lowest BCUT2D eigenvalue weighted by Gasteiger charge is -2.22. The van der Waals surface area contributed by atoms with Gasteiger partial charge in [-0.15, -0.1) is 0 Å². The number of aromatic nitrogens is 1. The molecule has 0 saturated carbocycles. The molecule has 3 rings (SSSR count). The van der Waals surface area contributed by atoms with Gasteiger partial charge in [0.05, 0.1) is 0 Å². The second kappa shape index (κ2) is 5.96.